The normalized spacial score (nSPS) is 14.2. The predicted octanol–water partition coefficient (Wildman–Crippen LogP) is 0.351. The van der Waals surface area contributed by atoms with Crippen molar-refractivity contribution in [2.45, 2.75) is 51.9 Å². The first-order valence-corrected chi connectivity index (χ1v) is 8.94. The summed E-state index contributed by atoms with van der Waals surface area (Å²) in [4.78, 5) is 35.3. The van der Waals surface area contributed by atoms with E-state index in [0.717, 1.165) is 14.2 Å². The van der Waals surface area contributed by atoms with Gasteiger partial charge in [-0.2, -0.15) is 8.42 Å². The zero-order chi connectivity index (χ0) is 19.8. The fourth-order valence-corrected chi connectivity index (χ4v) is 2.14. The lowest BCUT2D eigenvalue weighted by atomic mass is 10.2. The third kappa shape index (κ3) is 9.87. The number of rotatable bonds is 8. The van der Waals surface area contributed by atoms with Crippen LogP contribution in [0.2, 0.25) is 0 Å². The lowest BCUT2D eigenvalue weighted by molar-refractivity contribution is -0.155. The molecule has 0 aliphatic rings. The molecule has 0 heterocycles. The summed E-state index contributed by atoms with van der Waals surface area (Å²) in [6.07, 6.45) is -2.48. The van der Waals surface area contributed by atoms with E-state index in [9.17, 15) is 22.8 Å². The van der Waals surface area contributed by atoms with Crippen LogP contribution in [-0.4, -0.2) is 64.2 Å². The fourth-order valence-electron chi connectivity index (χ4n) is 1.56. The van der Waals surface area contributed by atoms with Gasteiger partial charge < -0.3 is 19.5 Å². The summed E-state index contributed by atoms with van der Waals surface area (Å²) in [7, 11) is -1.74. The Labute approximate surface area is 147 Å². The lowest BCUT2D eigenvalue weighted by Gasteiger charge is -2.25. The molecule has 0 aromatic rings. The highest BCUT2D eigenvalue weighted by molar-refractivity contribution is 7.86. The van der Waals surface area contributed by atoms with Gasteiger partial charge >= 0.3 is 18.0 Å². The largest absolute Gasteiger partial charge is 0.467 e. The van der Waals surface area contributed by atoms with Gasteiger partial charge in [-0.3, -0.25) is 8.98 Å². The standard InChI is InChI=1S/C14H25NO9S/c1-9(23-10(16)7-8-25(19,20)22-6)11(12(17)21-5)15-13(18)24-14(2,3)4/h9,11H,7-8H2,1-6H3,(H,15,18). The summed E-state index contributed by atoms with van der Waals surface area (Å²) in [6.45, 7) is 6.26. The van der Waals surface area contributed by atoms with Crippen LogP contribution >= 0.6 is 0 Å². The van der Waals surface area contributed by atoms with Crippen LogP contribution in [0.1, 0.15) is 34.1 Å². The molecule has 0 bridgehead atoms. The van der Waals surface area contributed by atoms with Gasteiger partial charge in [-0.1, -0.05) is 0 Å². The van der Waals surface area contributed by atoms with Crippen LogP contribution < -0.4 is 5.32 Å². The van der Waals surface area contributed by atoms with E-state index in [1.807, 2.05) is 0 Å². The smallest absolute Gasteiger partial charge is 0.408 e. The van der Waals surface area contributed by atoms with Crippen LogP contribution in [0.15, 0.2) is 0 Å². The molecule has 0 aliphatic heterocycles. The van der Waals surface area contributed by atoms with Crippen molar-refractivity contribution in [3.63, 3.8) is 0 Å². The number of hydrogen-bond donors (Lipinski definition) is 1. The first-order valence-electron chi connectivity index (χ1n) is 7.36. The summed E-state index contributed by atoms with van der Waals surface area (Å²) in [5.74, 6) is -2.30. The molecule has 0 fully saturated rings. The molecule has 0 radical (unpaired) electrons. The first-order chi connectivity index (χ1) is 11.3. The molecule has 25 heavy (non-hydrogen) atoms. The molecule has 0 aliphatic carbocycles. The second-order valence-electron chi connectivity index (χ2n) is 6.02. The third-order valence-corrected chi connectivity index (χ3v) is 3.94. The van der Waals surface area contributed by atoms with Gasteiger partial charge in [-0.05, 0) is 27.7 Å². The van der Waals surface area contributed by atoms with Crippen molar-refractivity contribution in [1.29, 1.82) is 0 Å². The van der Waals surface area contributed by atoms with Crippen molar-refractivity contribution >= 4 is 28.1 Å². The Morgan fingerprint density at radius 3 is 2.12 bits per heavy atom. The quantitative estimate of drug-likeness (QED) is 0.358. The number of methoxy groups -OCH3 is 1. The molecule has 0 saturated heterocycles. The molecular formula is C14H25NO9S. The highest BCUT2D eigenvalue weighted by Crippen LogP contribution is 2.09. The molecule has 1 N–H and O–H groups in total. The van der Waals surface area contributed by atoms with Crippen LogP contribution in [0, 0.1) is 0 Å². The molecule has 0 aromatic heterocycles. The molecule has 10 nitrogen and oxygen atoms in total. The topological polar surface area (TPSA) is 134 Å². The number of carbonyl (C=O) groups excluding carboxylic acids is 3. The van der Waals surface area contributed by atoms with Crippen molar-refractivity contribution in [2.24, 2.45) is 0 Å². The number of nitrogens with one attached hydrogen (secondary N) is 1. The highest BCUT2D eigenvalue weighted by atomic mass is 32.2. The van der Waals surface area contributed by atoms with E-state index in [1.54, 1.807) is 20.8 Å². The van der Waals surface area contributed by atoms with Gasteiger partial charge in [0.25, 0.3) is 10.1 Å². The molecule has 11 heteroatoms. The van der Waals surface area contributed by atoms with Gasteiger partial charge in [-0.15, -0.1) is 0 Å². The molecule has 0 rings (SSSR count). The van der Waals surface area contributed by atoms with Crippen LogP contribution in [0.4, 0.5) is 4.79 Å². The summed E-state index contributed by atoms with van der Waals surface area (Å²) in [5.41, 5.74) is -0.792. The maximum absolute atomic E-state index is 11.8. The zero-order valence-electron chi connectivity index (χ0n) is 15.2. The first kappa shape index (κ1) is 23.1. The van der Waals surface area contributed by atoms with E-state index in [0.29, 0.717) is 0 Å². The van der Waals surface area contributed by atoms with Crippen LogP contribution in [0.5, 0.6) is 0 Å². The van der Waals surface area contributed by atoms with Crippen molar-refractivity contribution in [3.8, 4) is 0 Å². The van der Waals surface area contributed by atoms with Gasteiger partial charge in [0.05, 0.1) is 26.4 Å². The molecule has 146 valence electrons. The van der Waals surface area contributed by atoms with Crippen LogP contribution in [-0.2, 0) is 38.1 Å². The third-order valence-electron chi connectivity index (χ3n) is 2.72. The van der Waals surface area contributed by atoms with Crippen molar-refractivity contribution in [2.75, 3.05) is 20.0 Å². The number of amides is 1. The Bertz CT molecular complexity index is 580. The fraction of sp³-hybridized carbons (Fsp3) is 0.786. The Morgan fingerprint density at radius 2 is 1.68 bits per heavy atom. The molecule has 1 amide bonds. The summed E-state index contributed by atoms with van der Waals surface area (Å²) in [5, 5.41) is 2.26. The number of esters is 2. The minimum absolute atomic E-state index is 0.471. The van der Waals surface area contributed by atoms with Gasteiger partial charge in [0.1, 0.15) is 11.7 Å². The minimum Gasteiger partial charge on any atom is -0.467 e. The Morgan fingerprint density at radius 1 is 1.12 bits per heavy atom. The van der Waals surface area contributed by atoms with E-state index >= 15 is 0 Å². The second-order valence-corrected chi connectivity index (χ2v) is 7.88. The summed E-state index contributed by atoms with van der Waals surface area (Å²) >= 11 is 0. The minimum atomic E-state index is -3.81. The second kappa shape index (κ2) is 9.56. The average Bonchev–Trinajstić information content (AvgIpc) is 2.48. The van der Waals surface area contributed by atoms with Crippen LogP contribution in [0.3, 0.4) is 0 Å². The van der Waals surface area contributed by atoms with Crippen molar-refractivity contribution in [1.82, 2.24) is 5.32 Å². The maximum atomic E-state index is 11.8. The lowest BCUT2D eigenvalue weighted by Crippen LogP contribution is -2.51. The molecule has 2 atom stereocenters. The zero-order valence-corrected chi connectivity index (χ0v) is 16.0. The number of ether oxygens (including phenoxy) is 3. The van der Waals surface area contributed by atoms with Gasteiger partial charge in [-0.25, -0.2) is 9.59 Å². The van der Waals surface area contributed by atoms with Gasteiger partial charge in [0.2, 0.25) is 0 Å². The van der Waals surface area contributed by atoms with E-state index in [1.165, 1.54) is 6.92 Å². The van der Waals surface area contributed by atoms with E-state index < -0.39 is 58.1 Å². The van der Waals surface area contributed by atoms with E-state index in [-0.39, 0.29) is 0 Å². The van der Waals surface area contributed by atoms with Crippen molar-refractivity contribution < 1.29 is 41.2 Å². The number of alkyl carbamates (subject to hydrolysis) is 1. The molecule has 2 unspecified atom stereocenters. The molecule has 0 aromatic carbocycles. The number of hydrogen-bond acceptors (Lipinski definition) is 9. The predicted molar refractivity (Wildman–Crippen MR) is 86.1 cm³/mol. The summed E-state index contributed by atoms with van der Waals surface area (Å²) in [6, 6.07) is -1.32. The maximum Gasteiger partial charge on any atom is 0.408 e. The molecule has 0 spiro atoms. The highest BCUT2D eigenvalue weighted by Gasteiger charge is 2.32. The Balaban J connectivity index is 4.84. The van der Waals surface area contributed by atoms with Crippen LogP contribution in [0.25, 0.3) is 0 Å². The molecule has 0 saturated carbocycles. The monoisotopic (exact) mass is 383 g/mol. The number of carbonyl (C=O) groups is 3. The van der Waals surface area contributed by atoms with Gasteiger partial charge in [0.15, 0.2) is 6.04 Å². The molecular weight excluding hydrogens is 358 g/mol. The average molecular weight is 383 g/mol. The van der Waals surface area contributed by atoms with Crippen molar-refractivity contribution in [3.05, 3.63) is 0 Å². The van der Waals surface area contributed by atoms with Gasteiger partial charge in [0, 0.05) is 0 Å². The van der Waals surface area contributed by atoms with E-state index in [2.05, 4.69) is 14.2 Å². The SMILES string of the molecule is COC(=O)C(NC(=O)OC(C)(C)C)C(C)OC(=O)CCS(=O)(=O)OC. The Kier molecular flexibility index (Phi) is 8.84. The summed E-state index contributed by atoms with van der Waals surface area (Å²) < 4.78 is 41.1. The Hall–Kier alpha value is -1.88. The van der Waals surface area contributed by atoms with E-state index in [4.69, 9.17) is 9.47 Å².